The summed E-state index contributed by atoms with van der Waals surface area (Å²) in [6.07, 6.45) is 9.99. The minimum atomic E-state index is -0.827. The topological polar surface area (TPSA) is 55.4 Å². The fourth-order valence-electron chi connectivity index (χ4n) is 3.96. The second kappa shape index (κ2) is 5.14. The van der Waals surface area contributed by atoms with Crippen molar-refractivity contribution in [2.24, 2.45) is 5.92 Å². The van der Waals surface area contributed by atoms with Crippen LogP contribution in [0.2, 0.25) is 0 Å². The zero-order valence-corrected chi connectivity index (χ0v) is 11.5. The molecule has 3 aliphatic rings. The van der Waals surface area contributed by atoms with Gasteiger partial charge in [0, 0.05) is 12.0 Å². The van der Waals surface area contributed by atoms with E-state index in [4.69, 9.17) is 4.74 Å². The third-order valence-corrected chi connectivity index (χ3v) is 5.04. The number of rotatable bonds is 2. The summed E-state index contributed by atoms with van der Waals surface area (Å²) in [6.45, 7) is 0. The molecule has 2 aliphatic carbocycles. The highest BCUT2D eigenvalue weighted by atomic mass is 16.6. The van der Waals surface area contributed by atoms with Gasteiger partial charge in [-0.3, -0.25) is 9.59 Å². The summed E-state index contributed by atoms with van der Waals surface area (Å²) in [4.78, 5) is 24.2. The fourth-order valence-corrected chi connectivity index (χ4v) is 3.96. The first-order valence-corrected chi connectivity index (χ1v) is 7.73. The van der Waals surface area contributed by atoms with Crippen molar-refractivity contribution in [2.75, 3.05) is 0 Å². The van der Waals surface area contributed by atoms with E-state index in [2.05, 4.69) is 5.32 Å². The van der Waals surface area contributed by atoms with Gasteiger partial charge < -0.3 is 10.1 Å². The third-order valence-electron chi connectivity index (χ3n) is 5.04. The summed E-state index contributed by atoms with van der Waals surface area (Å²) in [6, 6.07) is 0.289. The summed E-state index contributed by atoms with van der Waals surface area (Å²) < 4.78 is 5.51. The number of amides is 1. The van der Waals surface area contributed by atoms with E-state index in [-0.39, 0.29) is 23.8 Å². The predicted octanol–water partition coefficient (Wildman–Crippen LogP) is 2.31. The number of fused-ring (bicyclic) bond motifs is 1. The molecule has 1 heterocycles. The Kier molecular flexibility index (Phi) is 3.50. The molecule has 3 fully saturated rings. The first-order valence-electron chi connectivity index (χ1n) is 7.73. The molecule has 1 aliphatic heterocycles. The average molecular weight is 265 g/mol. The van der Waals surface area contributed by atoms with E-state index < -0.39 is 5.60 Å². The summed E-state index contributed by atoms with van der Waals surface area (Å²) in [5.74, 6) is -0.0991. The first kappa shape index (κ1) is 12.9. The Balaban J connectivity index is 1.70. The Labute approximate surface area is 114 Å². The van der Waals surface area contributed by atoms with Gasteiger partial charge >= 0.3 is 5.97 Å². The number of carbonyl (C=O) groups is 2. The molecule has 2 atom stereocenters. The number of nitrogens with one attached hydrogen (secondary N) is 1. The highest BCUT2D eigenvalue weighted by molar-refractivity contribution is 5.91. The minimum absolute atomic E-state index is 0.0186. The van der Waals surface area contributed by atoms with Crippen LogP contribution in [0.1, 0.15) is 64.2 Å². The molecule has 0 bridgehead atoms. The van der Waals surface area contributed by atoms with Crippen molar-refractivity contribution >= 4 is 11.9 Å². The molecule has 0 spiro atoms. The molecule has 0 aromatic rings. The molecule has 106 valence electrons. The molecule has 0 unspecified atom stereocenters. The van der Waals surface area contributed by atoms with Crippen LogP contribution >= 0.6 is 0 Å². The maximum atomic E-state index is 12.6. The Hall–Kier alpha value is -1.06. The van der Waals surface area contributed by atoms with E-state index >= 15 is 0 Å². The molecule has 4 heteroatoms. The van der Waals surface area contributed by atoms with Gasteiger partial charge in [-0.25, -0.2) is 0 Å². The molecule has 0 aromatic carbocycles. The van der Waals surface area contributed by atoms with Gasteiger partial charge in [-0.15, -0.1) is 0 Å². The second-order valence-corrected chi connectivity index (χ2v) is 6.32. The molecule has 1 saturated heterocycles. The Morgan fingerprint density at radius 3 is 2.63 bits per heavy atom. The van der Waals surface area contributed by atoms with Gasteiger partial charge in [0.05, 0.1) is 6.42 Å². The lowest BCUT2D eigenvalue weighted by Gasteiger charge is -2.37. The molecule has 0 aromatic heterocycles. The summed E-state index contributed by atoms with van der Waals surface area (Å²) in [7, 11) is 0. The van der Waals surface area contributed by atoms with Crippen molar-refractivity contribution in [1.29, 1.82) is 0 Å². The number of hydrogen-bond donors (Lipinski definition) is 1. The van der Waals surface area contributed by atoms with E-state index in [9.17, 15) is 9.59 Å². The van der Waals surface area contributed by atoms with Crippen LogP contribution in [0, 0.1) is 5.92 Å². The van der Waals surface area contributed by atoms with Crippen LogP contribution in [0.4, 0.5) is 0 Å². The largest absolute Gasteiger partial charge is 0.449 e. The van der Waals surface area contributed by atoms with Crippen molar-refractivity contribution in [3.05, 3.63) is 0 Å². The lowest BCUT2D eigenvalue weighted by molar-refractivity contribution is -0.163. The molecule has 4 nitrogen and oxygen atoms in total. The molecule has 2 saturated carbocycles. The molecular weight excluding hydrogens is 242 g/mol. The minimum Gasteiger partial charge on any atom is -0.449 e. The highest BCUT2D eigenvalue weighted by Crippen LogP contribution is 2.44. The average Bonchev–Trinajstić information content (AvgIpc) is 2.77. The van der Waals surface area contributed by atoms with Crippen molar-refractivity contribution in [3.63, 3.8) is 0 Å². The van der Waals surface area contributed by atoms with Crippen LogP contribution in [0.25, 0.3) is 0 Å². The smallest absolute Gasteiger partial charge is 0.307 e. The number of esters is 1. The number of hydrogen-bond acceptors (Lipinski definition) is 3. The zero-order chi connectivity index (χ0) is 13.3. The lowest BCUT2D eigenvalue weighted by atomic mass is 9.74. The van der Waals surface area contributed by atoms with Gasteiger partial charge in [0.15, 0.2) is 5.60 Å². The summed E-state index contributed by atoms with van der Waals surface area (Å²) in [5.41, 5.74) is -0.827. The third kappa shape index (κ3) is 2.37. The lowest BCUT2D eigenvalue weighted by Crippen LogP contribution is -2.54. The van der Waals surface area contributed by atoms with Crippen LogP contribution < -0.4 is 5.32 Å². The van der Waals surface area contributed by atoms with Gasteiger partial charge in [0.1, 0.15) is 0 Å². The zero-order valence-electron chi connectivity index (χ0n) is 11.5. The quantitative estimate of drug-likeness (QED) is 0.779. The molecule has 19 heavy (non-hydrogen) atoms. The second-order valence-electron chi connectivity index (χ2n) is 6.32. The number of ether oxygens (including phenoxy) is 1. The van der Waals surface area contributed by atoms with Crippen LogP contribution in [-0.2, 0) is 14.3 Å². The number of carbonyl (C=O) groups excluding carboxylic acids is 2. The highest BCUT2D eigenvalue weighted by Gasteiger charge is 2.55. The van der Waals surface area contributed by atoms with E-state index in [0.29, 0.717) is 12.8 Å². The maximum Gasteiger partial charge on any atom is 0.307 e. The van der Waals surface area contributed by atoms with Crippen molar-refractivity contribution in [3.8, 4) is 0 Å². The van der Waals surface area contributed by atoms with Gasteiger partial charge in [0.2, 0.25) is 0 Å². The van der Waals surface area contributed by atoms with Crippen LogP contribution in [0.5, 0.6) is 0 Å². The predicted molar refractivity (Wildman–Crippen MR) is 70.4 cm³/mol. The van der Waals surface area contributed by atoms with Crippen molar-refractivity contribution < 1.29 is 14.3 Å². The van der Waals surface area contributed by atoms with Gasteiger partial charge in [0.25, 0.3) is 5.91 Å². The Morgan fingerprint density at radius 1 is 1.11 bits per heavy atom. The monoisotopic (exact) mass is 265 g/mol. The summed E-state index contributed by atoms with van der Waals surface area (Å²) in [5, 5.41) is 3.16. The Bertz CT molecular complexity index is 376. The van der Waals surface area contributed by atoms with E-state index in [1.54, 1.807) is 0 Å². The van der Waals surface area contributed by atoms with Crippen molar-refractivity contribution in [2.45, 2.75) is 75.9 Å². The summed E-state index contributed by atoms with van der Waals surface area (Å²) >= 11 is 0. The Morgan fingerprint density at radius 2 is 1.84 bits per heavy atom. The SMILES string of the molecule is O=C1C[C@H]2CCCC[C@]2(C(=O)NC2CCCCC2)O1. The normalized spacial score (nSPS) is 35.6. The van der Waals surface area contributed by atoms with Crippen molar-refractivity contribution in [1.82, 2.24) is 5.32 Å². The maximum absolute atomic E-state index is 12.6. The molecule has 1 amide bonds. The standard InChI is InChI=1S/C15H23NO3/c17-13-10-11-6-4-5-9-15(11,19-13)14(18)16-12-7-2-1-3-8-12/h11-12H,1-10H2,(H,16,18)/t11-,15+/m1/s1. The molecule has 0 radical (unpaired) electrons. The van der Waals surface area contributed by atoms with Crippen LogP contribution in [0.3, 0.4) is 0 Å². The van der Waals surface area contributed by atoms with Gasteiger partial charge in [-0.2, -0.15) is 0 Å². The molecule has 1 N–H and O–H groups in total. The van der Waals surface area contributed by atoms with E-state index in [1.807, 2.05) is 0 Å². The first-order chi connectivity index (χ1) is 9.21. The van der Waals surface area contributed by atoms with E-state index in [1.165, 1.54) is 19.3 Å². The molecular formula is C15H23NO3. The van der Waals surface area contributed by atoms with Gasteiger partial charge in [-0.05, 0) is 32.1 Å². The van der Waals surface area contributed by atoms with Crippen LogP contribution in [0.15, 0.2) is 0 Å². The van der Waals surface area contributed by atoms with Gasteiger partial charge in [-0.1, -0.05) is 25.7 Å². The fraction of sp³-hybridized carbons (Fsp3) is 0.867. The van der Waals surface area contributed by atoms with Crippen LogP contribution in [-0.4, -0.2) is 23.5 Å². The van der Waals surface area contributed by atoms with E-state index in [0.717, 1.165) is 32.1 Å². The molecule has 3 rings (SSSR count).